The molecule has 0 aliphatic carbocycles. The molecular formula is C11H21ClNO3+. The van der Waals surface area contributed by atoms with E-state index in [1.54, 1.807) is 6.92 Å². The third kappa shape index (κ3) is 6.82. The van der Waals surface area contributed by atoms with Gasteiger partial charge in [-0.2, -0.15) is 0 Å². The van der Waals surface area contributed by atoms with Gasteiger partial charge in [0.15, 0.2) is 0 Å². The maximum absolute atomic E-state index is 11.1. The van der Waals surface area contributed by atoms with Gasteiger partial charge >= 0.3 is 5.97 Å². The SMILES string of the molecule is C=C(C)C(=O)OCC[N+](C)(C)CC(O)CCl. The van der Waals surface area contributed by atoms with E-state index in [1.807, 2.05) is 14.1 Å². The van der Waals surface area contributed by atoms with Crippen LogP contribution in [0.25, 0.3) is 0 Å². The molecule has 0 aliphatic heterocycles. The van der Waals surface area contributed by atoms with Crippen molar-refractivity contribution in [2.75, 3.05) is 39.7 Å². The Morgan fingerprint density at radius 3 is 2.56 bits per heavy atom. The molecule has 94 valence electrons. The second-order valence-corrected chi connectivity index (χ2v) is 4.87. The smallest absolute Gasteiger partial charge is 0.333 e. The summed E-state index contributed by atoms with van der Waals surface area (Å²) in [5, 5.41) is 9.42. The van der Waals surface area contributed by atoms with Gasteiger partial charge < -0.3 is 14.3 Å². The van der Waals surface area contributed by atoms with Crippen LogP contribution in [0.2, 0.25) is 0 Å². The molecule has 0 rings (SSSR count). The van der Waals surface area contributed by atoms with Crippen LogP contribution < -0.4 is 0 Å². The van der Waals surface area contributed by atoms with Crippen molar-refractivity contribution in [3.63, 3.8) is 0 Å². The first-order chi connectivity index (χ1) is 7.28. The number of nitrogens with zero attached hydrogens (tertiary/aromatic N) is 1. The highest BCUT2D eigenvalue weighted by Crippen LogP contribution is 2.02. The fourth-order valence-corrected chi connectivity index (χ4v) is 1.32. The standard InChI is InChI=1S/C11H21ClNO3/c1-9(2)11(15)16-6-5-13(3,4)8-10(14)7-12/h10,14H,1,5-8H2,2-4H3/q+1. The van der Waals surface area contributed by atoms with Crippen LogP contribution in [-0.2, 0) is 9.53 Å². The number of ether oxygens (including phenoxy) is 1. The van der Waals surface area contributed by atoms with E-state index in [1.165, 1.54) is 0 Å². The quantitative estimate of drug-likeness (QED) is 0.314. The number of hydrogen-bond acceptors (Lipinski definition) is 3. The summed E-state index contributed by atoms with van der Waals surface area (Å²) >= 11 is 5.53. The molecule has 0 saturated carbocycles. The molecule has 0 aromatic carbocycles. The van der Waals surface area contributed by atoms with Crippen molar-refractivity contribution < 1.29 is 19.1 Å². The van der Waals surface area contributed by atoms with Gasteiger partial charge in [0.25, 0.3) is 0 Å². The number of carbonyl (C=O) groups excluding carboxylic acids is 1. The summed E-state index contributed by atoms with van der Waals surface area (Å²) in [6, 6.07) is 0. The lowest BCUT2D eigenvalue weighted by Crippen LogP contribution is -2.48. The summed E-state index contributed by atoms with van der Waals surface area (Å²) in [6.07, 6.45) is -0.534. The molecule has 16 heavy (non-hydrogen) atoms. The Kier molecular flexibility index (Phi) is 6.64. The number of halogens is 1. The molecule has 0 radical (unpaired) electrons. The lowest BCUT2D eigenvalue weighted by Gasteiger charge is -2.31. The normalized spacial score (nSPS) is 13.3. The molecule has 5 heteroatoms. The lowest BCUT2D eigenvalue weighted by atomic mass is 10.3. The molecule has 0 spiro atoms. The van der Waals surface area contributed by atoms with Gasteiger partial charge in [-0.15, -0.1) is 11.6 Å². The largest absolute Gasteiger partial charge is 0.456 e. The topological polar surface area (TPSA) is 46.5 Å². The molecule has 0 amide bonds. The van der Waals surface area contributed by atoms with Crippen molar-refractivity contribution in [2.45, 2.75) is 13.0 Å². The Morgan fingerprint density at radius 1 is 1.56 bits per heavy atom. The van der Waals surface area contributed by atoms with Crippen molar-refractivity contribution in [3.8, 4) is 0 Å². The maximum atomic E-state index is 11.1. The Hall–Kier alpha value is -0.580. The third-order valence-corrected chi connectivity index (χ3v) is 2.52. The second-order valence-electron chi connectivity index (χ2n) is 4.57. The van der Waals surface area contributed by atoms with Crippen LogP contribution in [0.3, 0.4) is 0 Å². The van der Waals surface area contributed by atoms with Crippen LogP contribution in [0.1, 0.15) is 6.92 Å². The van der Waals surface area contributed by atoms with Crippen LogP contribution >= 0.6 is 11.6 Å². The van der Waals surface area contributed by atoms with E-state index >= 15 is 0 Å². The highest BCUT2D eigenvalue weighted by atomic mass is 35.5. The molecule has 0 saturated heterocycles. The van der Waals surface area contributed by atoms with E-state index in [0.717, 1.165) is 0 Å². The first kappa shape index (κ1) is 15.4. The Morgan fingerprint density at radius 2 is 2.12 bits per heavy atom. The highest BCUT2D eigenvalue weighted by Gasteiger charge is 2.20. The number of hydrogen-bond donors (Lipinski definition) is 1. The number of alkyl halides is 1. The van der Waals surface area contributed by atoms with Gasteiger partial charge in [0.1, 0.15) is 25.8 Å². The van der Waals surface area contributed by atoms with E-state index in [-0.39, 0.29) is 11.8 Å². The molecule has 0 aromatic rings. The zero-order valence-electron chi connectivity index (χ0n) is 10.2. The number of aliphatic hydroxyl groups is 1. The van der Waals surface area contributed by atoms with Gasteiger partial charge in [0, 0.05) is 5.57 Å². The van der Waals surface area contributed by atoms with Crippen LogP contribution in [0, 0.1) is 0 Å². The van der Waals surface area contributed by atoms with Crippen molar-refractivity contribution in [1.29, 1.82) is 0 Å². The van der Waals surface area contributed by atoms with Gasteiger partial charge in [0.2, 0.25) is 0 Å². The summed E-state index contributed by atoms with van der Waals surface area (Å²) in [5.41, 5.74) is 0.395. The minimum atomic E-state index is -0.534. The summed E-state index contributed by atoms with van der Waals surface area (Å²) in [7, 11) is 3.90. The first-order valence-electron chi connectivity index (χ1n) is 5.17. The van der Waals surface area contributed by atoms with Crippen molar-refractivity contribution in [3.05, 3.63) is 12.2 Å². The van der Waals surface area contributed by atoms with E-state index in [2.05, 4.69) is 6.58 Å². The molecule has 0 aliphatic rings. The second kappa shape index (κ2) is 6.89. The summed E-state index contributed by atoms with van der Waals surface area (Å²) in [6.45, 7) is 6.59. The van der Waals surface area contributed by atoms with Crippen LogP contribution in [0.5, 0.6) is 0 Å². The number of aliphatic hydroxyl groups excluding tert-OH is 1. The number of rotatable bonds is 7. The van der Waals surface area contributed by atoms with Gasteiger partial charge in [-0.25, -0.2) is 4.79 Å². The molecule has 0 bridgehead atoms. The predicted octanol–water partition coefficient (Wildman–Crippen LogP) is 0.782. The Balaban J connectivity index is 3.90. The molecule has 1 N–H and O–H groups in total. The van der Waals surface area contributed by atoms with Crippen molar-refractivity contribution >= 4 is 17.6 Å². The average Bonchev–Trinajstić information content (AvgIpc) is 2.16. The lowest BCUT2D eigenvalue weighted by molar-refractivity contribution is -0.893. The number of likely N-dealkylation sites (N-methyl/N-ethyl adjacent to an activating group) is 1. The Labute approximate surface area is 102 Å². The molecule has 0 heterocycles. The molecule has 1 atom stereocenters. The van der Waals surface area contributed by atoms with Gasteiger partial charge in [-0.05, 0) is 6.92 Å². The van der Waals surface area contributed by atoms with E-state index in [4.69, 9.17) is 16.3 Å². The maximum Gasteiger partial charge on any atom is 0.333 e. The third-order valence-electron chi connectivity index (χ3n) is 2.16. The molecule has 1 unspecified atom stereocenters. The summed E-state index contributed by atoms with van der Waals surface area (Å²) in [5.74, 6) is -0.161. The van der Waals surface area contributed by atoms with Crippen molar-refractivity contribution in [1.82, 2.24) is 0 Å². The molecule has 0 aromatic heterocycles. The van der Waals surface area contributed by atoms with Gasteiger partial charge in [-0.3, -0.25) is 0 Å². The number of esters is 1. The fraction of sp³-hybridized carbons (Fsp3) is 0.727. The van der Waals surface area contributed by atoms with E-state index < -0.39 is 6.10 Å². The zero-order valence-corrected chi connectivity index (χ0v) is 11.0. The Bertz CT molecular complexity index is 254. The fourth-order valence-electron chi connectivity index (χ4n) is 1.22. The molecule has 0 fully saturated rings. The van der Waals surface area contributed by atoms with Crippen LogP contribution in [0.4, 0.5) is 0 Å². The summed E-state index contributed by atoms with van der Waals surface area (Å²) < 4.78 is 5.54. The zero-order chi connectivity index (χ0) is 12.8. The molecular weight excluding hydrogens is 230 g/mol. The first-order valence-corrected chi connectivity index (χ1v) is 5.70. The highest BCUT2D eigenvalue weighted by molar-refractivity contribution is 6.18. The van der Waals surface area contributed by atoms with Gasteiger partial charge in [-0.1, -0.05) is 6.58 Å². The number of carbonyl (C=O) groups is 1. The van der Waals surface area contributed by atoms with Gasteiger partial charge in [0.05, 0.1) is 20.0 Å². The van der Waals surface area contributed by atoms with Crippen LogP contribution in [0.15, 0.2) is 12.2 Å². The monoisotopic (exact) mass is 250 g/mol. The van der Waals surface area contributed by atoms with E-state index in [9.17, 15) is 9.90 Å². The summed E-state index contributed by atoms with van der Waals surface area (Å²) in [4.78, 5) is 11.1. The average molecular weight is 251 g/mol. The predicted molar refractivity (Wildman–Crippen MR) is 64.3 cm³/mol. The minimum Gasteiger partial charge on any atom is -0.456 e. The number of quaternary nitrogens is 1. The van der Waals surface area contributed by atoms with Crippen molar-refractivity contribution in [2.24, 2.45) is 0 Å². The van der Waals surface area contributed by atoms with E-state index in [0.29, 0.717) is 29.8 Å². The minimum absolute atomic E-state index is 0.216. The van der Waals surface area contributed by atoms with Crippen LogP contribution in [-0.4, -0.2) is 61.3 Å². The molecule has 4 nitrogen and oxygen atoms in total.